The molecule has 5 aromatic rings. The van der Waals surface area contributed by atoms with Gasteiger partial charge in [0.15, 0.2) is 16.3 Å². The van der Waals surface area contributed by atoms with Gasteiger partial charge in [-0.25, -0.2) is 9.79 Å². The molecule has 1 atom stereocenters. The minimum atomic E-state index is -0.653. The van der Waals surface area contributed by atoms with E-state index in [-0.39, 0.29) is 11.7 Å². The third kappa shape index (κ3) is 6.19. The summed E-state index contributed by atoms with van der Waals surface area (Å²) in [5.74, 6) is 0.738. The maximum absolute atomic E-state index is 14.0. The van der Waals surface area contributed by atoms with Gasteiger partial charge in [-0.1, -0.05) is 90.2 Å². The fourth-order valence-corrected chi connectivity index (χ4v) is 6.58. The van der Waals surface area contributed by atoms with Crippen LogP contribution in [0.5, 0.6) is 11.5 Å². The molecule has 0 radical (unpaired) electrons. The molecule has 0 spiro atoms. The van der Waals surface area contributed by atoms with Gasteiger partial charge in [-0.05, 0) is 73.4 Å². The first-order chi connectivity index (χ1) is 21.8. The number of esters is 1. The van der Waals surface area contributed by atoms with Gasteiger partial charge in [0.25, 0.3) is 5.56 Å². The Kier molecular flexibility index (Phi) is 8.67. The van der Waals surface area contributed by atoms with E-state index in [4.69, 9.17) is 14.2 Å². The molecule has 1 unspecified atom stereocenters. The highest BCUT2D eigenvalue weighted by atomic mass is 32.1. The summed E-state index contributed by atoms with van der Waals surface area (Å²) in [6.07, 6.45) is 1.52. The molecule has 228 valence electrons. The number of carbonyl (C=O) groups excluding carboxylic acids is 1. The van der Waals surface area contributed by atoms with E-state index in [1.165, 1.54) is 11.3 Å². The van der Waals surface area contributed by atoms with Crippen molar-refractivity contribution in [2.24, 2.45) is 4.99 Å². The van der Waals surface area contributed by atoms with Gasteiger partial charge in [-0.2, -0.15) is 0 Å². The second-order valence-corrected chi connectivity index (χ2v) is 12.0. The highest BCUT2D eigenvalue weighted by molar-refractivity contribution is 7.07. The number of nitrogens with zero attached hydrogens (tertiary/aromatic N) is 2. The number of ether oxygens (including phenoxy) is 3. The molecule has 0 amide bonds. The molecular formula is C37H34N2O5S. The summed E-state index contributed by atoms with van der Waals surface area (Å²) in [7, 11) is 0. The number of hydrogen-bond donors (Lipinski definition) is 0. The SMILES string of the molecule is CCOc1cc(C=c2sc3n(c2=O)C(c2ccccc2)C(C(=O)OC(C)C)=C(C)N=3)ccc1OCc1cccc2ccccc12. The van der Waals surface area contributed by atoms with Crippen molar-refractivity contribution in [3.05, 3.63) is 139 Å². The molecule has 0 fully saturated rings. The summed E-state index contributed by atoms with van der Waals surface area (Å²) in [5.41, 5.74) is 3.34. The maximum Gasteiger partial charge on any atom is 0.338 e. The molecule has 0 aliphatic carbocycles. The van der Waals surface area contributed by atoms with Crippen LogP contribution in [0.1, 0.15) is 50.4 Å². The molecule has 0 saturated carbocycles. The zero-order valence-electron chi connectivity index (χ0n) is 25.7. The van der Waals surface area contributed by atoms with Crippen molar-refractivity contribution >= 4 is 34.2 Å². The number of carbonyl (C=O) groups is 1. The molecule has 6 rings (SSSR count). The van der Waals surface area contributed by atoms with Gasteiger partial charge in [0.05, 0.1) is 34.6 Å². The molecule has 4 aromatic carbocycles. The minimum Gasteiger partial charge on any atom is -0.490 e. The van der Waals surface area contributed by atoms with Gasteiger partial charge < -0.3 is 14.2 Å². The van der Waals surface area contributed by atoms with Crippen molar-refractivity contribution < 1.29 is 19.0 Å². The van der Waals surface area contributed by atoms with Crippen LogP contribution < -0.4 is 24.4 Å². The highest BCUT2D eigenvalue weighted by Crippen LogP contribution is 2.32. The van der Waals surface area contributed by atoms with E-state index in [2.05, 4.69) is 29.3 Å². The molecule has 0 saturated heterocycles. The summed E-state index contributed by atoms with van der Waals surface area (Å²) < 4.78 is 19.9. The van der Waals surface area contributed by atoms with Crippen molar-refractivity contribution in [1.29, 1.82) is 0 Å². The average molecular weight is 619 g/mol. The first-order valence-electron chi connectivity index (χ1n) is 15.0. The minimum absolute atomic E-state index is 0.232. The predicted octanol–water partition coefficient (Wildman–Crippen LogP) is 6.32. The van der Waals surface area contributed by atoms with Crippen LogP contribution in [0.4, 0.5) is 0 Å². The molecule has 1 aromatic heterocycles. The molecule has 1 aliphatic heterocycles. The van der Waals surface area contributed by atoms with E-state index in [0.717, 1.165) is 27.5 Å². The normalized spacial score (nSPS) is 14.8. The average Bonchev–Trinajstić information content (AvgIpc) is 3.33. The van der Waals surface area contributed by atoms with E-state index in [1.54, 1.807) is 25.3 Å². The zero-order chi connectivity index (χ0) is 31.5. The molecule has 7 nitrogen and oxygen atoms in total. The number of allylic oxidation sites excluding steroid dienone is 1. The largest absolute Gasteiger partial charge is 0.490 e. The van der Waals surface area contributed by atoms with Crippen LogP contribution in [0.3, 0.4) is 0 Å². The van der Waals surface area contributed by atoms with Crippen LogP contribution in [-0.4, -0.2) is 23.2 Å². The fourth-order valence-electron chi connectivity index (χ4n) is 5.54. The topological polar surface area (TPSA) is 79.1 Å². The van der Waals surface area contributed by atoms with Gasteiger partial charge in [0.1, 0.15) is 6.61 Å². The zero-order valence-corrected chi connectivity index (χ0v) is 26.5. The van der Waals surface area contributed by atoms with Gasteiger partial charge >= 0.3 is 5.97 Å². The van der Waals surface area contributed by atoms with E-state index >= 15 is 0 Å². The first kappa shape index (κ1) is 30.1. The summed E-state index contributed by atoms with van der Waals surface area (Å²) in [6, 6.07) is 28.9. The van der Waals surface area contributed by atoms with Crippen molar-refractivity contribution in [1.82, 2.24) is 4.57 Å². The number of aromatic nitrogens is 1. The van der Waals surface area contributed by atoms with E-state index in [0.29, 0.717) is 45.3 Å². The van der Waals surface area contributed by atoms with Crippen molar-refractivity contribution in [3.8, 4) is 11.5 Å². The Balaban J connectivity index is 1.37. The number of thiazole rings is 1. The number of fused-ring (bicyclic) bond motifs is 2. The van der Waals surface area contributed by atoms with Crippen molar-refractivity contribution in [3.63, 3.8) is 0 Å². The van der Waals surface area contributed by atoms with Gasteiger partial charge in [0, 0.05) is 0 Å². The Morgan fingerprint density at radius 3 is 2.49 bits per heavy atom. The maximum atomic E-state index is 14.0. The molecule has 8 heteroatoms. The summed E-state index contributed by atoms with van der Waals surface area (Å²) >= 11 is 1.29. The summed E-state index contributed by atoms with van der Waals surface area (Å²) in [6.45, 7) is 8.16. The second kappa shape index (κ2) is 13.0. The Labute approximate surface area is 265 Å². The predicted molar refractivity (Wildman–Crippen MR) is 177 cm³/mol. The van der Waals surface area contributed by atoms with Crippen LogP contribution in [0, 0.1) is 0 Å². The molecule has 1 aliphatic rings. The summed E-state index contributed by atoms with van der Waals surface area (Å²) in [4.78, 5) is 32.5. The number of rotatable bonds is 9. The first-order valence-corrected chi connectivity index (χ1v) is 15.8. The number of hydrogen-bond acceptors (Lipinski definition) is 7. The lowest BCUT2D eigenvalue weighted by Gasteiger charge is -2.25. The Morgan fingerprint density at radius 1 is 0.956 bits per heavy atom. The Bertz CT molecular complexity index is 2090. The summed E-state index contributed by atoms with van der Waals surface area (Å²) in [5, 5.41) is 2.31. The highest BCUT2D eigenvalue weighted by Gasteiger charge is 2.33. The Morgan fingerprint density at radius 2 is 1.71 bits per heavy atom. The van der Waals surface area contributed by atoms with E-state index in [9.17, 15) is 9.59 Å². The molecule has 45 heavy (non-hydrogen) atoms. The Hall–Kier alpha value is -4.95. The third-order valence-corrected chi connectivity index (χ3v) is 8.51. The van der Waals surface area contributed by atoms with Gasteiger partial charge in [0.2, 0.25) is 0 Å². The lowest BCUT2D eigenvalue weighted by Crippen LogP contribution is -2.40. The van der Waals surface area contributed by atoms with E-state index in [1.807, 2.05) is 79.7 Å². The monoisotopic (exact) mass is 618 g/mol. The van der Waals surface area contributed by atoms with Crippen LogP contribution in [-0.2, 0) is 16.1 Å². The smallest absolute Gasteiger partial charge is 0.338 e. The van der Waals surface area contributed by atoms with Crippen LogP contribution in [0.15, 0.2) is 112 Å². The fraction of sp³-hybridized carbons (Fsp3) is 0.216. The van der Waals surface area contributed by atoms with E-state index < -0.39 is 12.0 Å². The van der Waals surface area contributed by atoms with Gasteiger partial charge in [-0.15, -0.1) is 0 Å². The lowest BCUT2D eigenvalue weighted by atomic mass is 9.96. The third-order valence-electron chi connectivity index (χ3n) is 7.53. The second-order valence-electron chi connectivity index (χ2n) is 11.0. The standard InChI is InChI=1S/C37H34N2O5S/c1-5-42-31-20-25(18-19-30(31)43-22-28-16-11-15-26-12-9-10-17-29(26)28)21-32-35(40)39-34(27-13-7-6-8-14-27)33(36(41)44-23(2)3)24(4)38-37(39)45-32/h6-21,23,34H,5,22H2,1-4H3. The molecule has 0 bridgehead atoms. The quantitative estimate of drug-likeness (QED) is 0.181. The molecule has 0 N–H and O–H groups in total. The van der Waals surface area contributed by atoms with Crippen LogP contribution >= 0.6 is 11.3 Å². The van der Waals surface area contributed by atoms with Gasteiger partial charge in [-0.3, -0.25) is 9.36 Å². The molecule has 2 heterocycles. The van der Waals surface area contributed by atoms with Crippen LogP contribution in [0.2, 0.25) is 0 Å². The van der Waals surface area contributed by atoms with Crippen LogP contribution in [0.25, 0.3) is 16.8 Å². The molecular weight excluding hydrogens is 584 g/mol. The van der Waals surface area contributed by atoms with Crippen molar-refractivity contribution in [2.75, 3.05) is 6.61 Å². The lowest BCUT2D eigenvalue weighted by molar-refractivity contribution is -0.143. The van der Waals surface area contributed by atoms with Crippen molar-refractivity contribution in [2.45, 2.75) is 46.4 Å². The number of benzene rings is 4.